The number of carbonyl (C=O) groups is 1. The minimum Gasteiger partial charge on any atom is -0.465 e. The van der Waals surface area contributed by atoms with Crippen LogP contribution in [0.1, 0.15) is 64.6 Å². The molecule has 1 aromatic heterocycles. The maximum Gasteiger partial charge on any atom is 0.416 e. The highest BCUT2D eigenvalue weighted by atomic mass is 19.4. The Hall–Kier alpha value is -3.36. The van der Waals surface area contributed by atoms with Gasteiger partial charge in [-0.05, 0) is 74.1 Å². The van der Waals surface area contributed by atoms with Crippen molar-refractivity contribution in [3.05, 3.63) is 68.8 Å². The van der Waals surface area contributed by atoms with Crippen molar-refractivity contribution in [2.45, 2.75) is 44.8 Å². The number of carbonyl (C=O) groups excluding carboxylic acids is 1. The second-order valence-electron chi connectivity index (χ2n) is 8.04. The highest BCUT2D eigenvalue weighted by Gasteiger charge is 2.36. The molecule has 6 nitrogen and oxygen atoms in total. The molecule has 0 amide bonds. The number of nitrogens with zero attached hydrogens (tertiary/aromatic N) is 1. The fourth-order valence-corrected chi connectivity index (χ4v) is 3.91. The van der Waals surface area contributed by atoms with Crippen molar-refractivity contribution in [1.82, 2.24) is 9.97 Å². The lowest BCUT2D eigenvalue weighted by atomic mass is 9.97. The summed E-state index contributed by atoms with van der Waals surface area (Å²) in [6.07, 6.45) is -2.73. The van der Waals surface area contributed by atoms with E-state index in [4.69, 9.17) is 4.74 Å². The number of nitrogens with one attached hydrogen (secondary N) is 2. The van der Waals surface area contributed by atoms with Crippen LogP contribution >= 0.6 is 0 Å². The number of hydrogen-bond donors (Lipinski definition) is 2. The minimum atomic E-state index is -4.62. The molecule has 0 saturated heterocycles. The number of fused-ring (bicyclic) bond motifs is 1. The Morgan fingerprint density at radius 2 is 1.97 bits per heavy atom. The summed E-state index contributed by atoms with van der Waals surface area (Å²) >= 11 is 0. The Bertz CT molecular complexity index is 1260. The number of aromatic nitrogens is 2. The van der Waals surface area contributed by atoms with Gasteiger partial charge in [0.25, 0.3) is 5.56 Å². The number of esters is 1. The van der Waals surface area contributed by atoms with Gasteiger partial charge in [-0.2, -0.15) is 13.2 Å². The Kier molecular flexibility index (Phi) is 5.44. The molecule has 1 aliphatic rings. The summed E-state index contributed by atoms with van der Waals surface area (Å²) in [5, 5.41) is 3.25. The molecule has 1 saturated carbocycles. The van der Waals surface area contributed by atoms with Crippen LogP contribution in [0.3, 0.4) is 0 Å². The lowest BCUT2D eigenvalue weighted by Gasteiger charge is -2.23. The normalized spacial score (nSPS) is 14.9. The van der Waals surface area contributed by atoms with Gasteiger partial charge in [-0.25, -0.2) is 9.78 Å². The summed E-state index contributed by atoms with van der Waals surface area (Å²) in [7, 11) is 1.30. The van der Waals surface area contributed by atoms with Crippen LogP contribution in [-0.2, 0) is 10.9 Å². The molecule has 2 N–H and O–H groups in total. The van der Waals surface area contributed by atoms with E-state index in [0.717, 1.165) is 24.5 Å². The van der Waals surface area contributed by atoms with Crippen molar-refractivity contribution in [3.63, 3.8) is 0 Å². The van der Waals surface area contributed by atoms with Gasteiger partial charge in [-0.15, -0.1) is 0 Å². The summed E-state index contributed by atoms with van der Waals surface area (Å²) in [6.45, 7) is 3.13. The fourth-order valence-electron chi connectivity index (χ4n) is 3.91. The summed E-state index contributed by atoms with van der Waals surface area (Å²) in [5.74, 6) is 0.0136. The quantitative estimate of drug-likeness (QED) is 0.535. The smallest absolute Gasteiger partial charge is 0.416 e. The van der Waals surface area contributed by atoms with E-state index >= 15 is 0 Å². The largest absolute Gasteiger partial charge is 0.465 e. The second-order valence-corrected chi connectivity index (χ2v) is 8.04. The zero-order chi connectivity index (χ0) is 23.2. The van der Waals surface area contributed by atoms with Crippen molar-refractivity contribution in [2.75, 3.05) is 12.4 Å². The number of benzene rings is 2. The van der Waals surface area contributed by atoms with Gasteiger partial charge in [0, 0.05) is 11.7 Å². The number of H-pyrrole nitrogens is 1. The molecule has 1 fully saturated rings. The number of aromatic amines is 1. The molecule has 3 aromatic rings. The third-order valence-corrected chi connectivity index (χ3v) is 5.63. The molecule has 168 valence electrons. The topological polar surface area (TPSA) is 84.1 Å². The average molecular weight is 445 g/mol. The van der Waals surface area contributed by atoms with E-state index < -0.39 is 29.3 Å². The monoisotopic (exact) mass is 445 g/mol. The highest BCUT2D eigenvalue weighted by Crippen LogP contribution is 2.45. The number of ether oxygens (including phenoxy) is 1. The van der Waals surface area contributed by atoms with Gasteiger partial charge in [-0.3, -0.25) is 4.79 Å². The molecule has 1 aliphatic carbocycles. The molecule has 9 heteroatoms. The van der Waals surface area contributed by atoms with E-state index in [-0.39, 0.29) is 28.2 Å². The first-order chi connectivity index (χ1) is 15.1. The SMILES string of the molecule is COC(=O)c1ccc(NC(C)c2cc3c(=O)[nH]c(C)nc3cc2C(F)(F)F)c(C2CC2)c1. The lowest BCUT2D eigenvalue weighted by molar-refractivity contribution is -0.138. The third-order valence-electron chi connectivity index (χ3n) is 5.63. The highest BCUT2D eigenvalue weighted by molar-refractivity contribution is 5.90. The van der Waals surface area contributed by atoms with E-state index in [0.29, 0.717) is 11.3 Å². The van der Waals surface area contributed by atoms with E-state index in [1.54, 1.807) is 25.1 Å². The first kappa shape index (κ1) is 21.9. The average Bonchev–Trinajstić information content (AvgIpc) is 3.57. The number of hydrogen-bond acceptors (Lipinski definition) is 5. The zero-order valence-electron chi connectivity index (χ0n) is 17.8. The second kappa shape index (κ2) is 7.96. The lowest BCUT2D eigenvalue weighted by Crippen LogP contribution is -2.18. The molecular formula is C23H22F3N3O3. The molecule has 32 heavy (non-hydrogen) atoms. The number of methoxy groups -OCH3 is 1. The van der Waals surface area contributed by atoms with Crippen molar-refractivity contribution in [2.24, 2.45) is 0 Å². The van der Waals surface area contributed by atoms with Gasteiger partial charge >= 0.3 is 12.1 Å². The zero-order valence-corrected chi connectivity index (χ0v) is 17.8. The number of anilines is 1. The molecule has 0 aliphatic heterocycles. The van der Waals surface area contributed by atoms with Crippen LogP contribution in [0.15, 0.2) is 35.1 Å². The first-order valence-corrected chi connectivity index (χ1v) is 10.2. The van der Waals surface area contributed by atoms with Crippen molar-refractivity contribution in [1.29, 1.82) is 0 Å². The molecule has 2 aromatic carbocycles. The van der Waals surface area contributed by atoms with Gasteiger partial charge in [0.2, 0.25) is 0 Å². The van der Waals surface area contributed by atoms with Gasteiger partial charge in [0.1, 0.15) is 5.82 Å². The van der Waals surface area contributed by atoms with E-state index in [9.17, 15) is 22.8 Å². The fraction of sp³-hybridized carbons (Fsp3) is 0.348. The molecule has 0 bridgehead atoms. The van der Waals surface area contributed by atoms with Crippen molar-refractivity contribution < 1.29 is 22.7 Å². The van der Waals surface area contributed by atoms with Crippen molar-refractivity contribution in [3.8, 4) is 0 Å². The third kappa shape index (κ3) is 4.19. The molecule has 1 heterocycles. The van der Waals surface area contributed by atoms with Gasteiger partial charge < -0.3 is 15.0 Å². The first-order valence-electron chi connectivity index (χ1n) is 10.2. The van der Waals surface area contributed by atoms with Crippen LogP contribution in [0.5, 0.6) is 0 Å². The van der Waals surface area contributed by atoms with Crippen LogP contribution in [0, 0.1) is 6.92 Å². The molecule has 0 radical (unpaired) electrons. The maximum absolute atomic E-state index is 13.9. The Labute approximate surface area is 181 Å². The number of rotatable bonds is 5. The van der Waals surface area contributed by atoms with Crippen LogP contribution in [0.25, 0.3) is 10.9 Å². The van der Waals surface area contributed by atoms with Crippen LogP contribution < -0.4 is 10.9 Å². The number of alkyl halides is 3. The number of aryl methyl sites for hydroxylation is 1. The summed E-state index contributed by atoms with van der Waals surface area (Å²) < 4.78 is 46.4. The summed E-state index contributed by atoms with van der Waals surface area (Å²) in [4.78, 5) is 30.8. The standard InChI is InChI=1S/C23H22F3N3O3/c1-11(27-19-7-6-14(22(31)32-3)8-16(19)13-4-5-13)15-9-17-20(10-18(15)23(24,25)26)28-12(2)29-21(17)30/h6-11,13,27H,4-5H2,1-3H3,(H,28,29,30). The van der Waals surface area contributed by atoms with Crippen LogP contribution in [0.4, 0.5) is 18.9 Å². The number of halogens is 3. The molecule has 0 spiro atoms. The Balaban J connectivity index is 1.78. The van der Waals surface area contributed by atoms with Gasteiger partial charge in [0.05, 0.1) is 29.1 Å². The Morgan fingerprint density at radius 1 is 1.25 bits per heavy atom. The predicted octanol–water partition coefficient (Wildman–Crippen LogP) is 5.09. The summed E-state index contributed by atoms with van der Waals surface area (Å²) in [6, 6.07) is 6.39. The van der Waals surface area contributed by atoms with E-state index in [1.165, 1.54) is 20.1 Å². The van der Waals surface area contributed by atoms with E-state index in [2.05, 4.69) is 15.3 Å². The van der Waals surface area contributed by atoms with Gasteiger partial charge in [0.15, 0.2) is 0 Å². The minimum absolute atomic E-state index is 0.00405. The molecule has 1 unspecified atom stereocenters. The van der Waals surface area contributed by atoms with E-state index in [1.807, 2.05) is 0 Å². The molecular weight excluding hydrogens is 423 g/mol. The molecule has 1 atom stereocenters. The molecule has 4 rings (SSSR count). The van der Waals surface area contributed by atoms with Gasteiger partial charge in [-0.1, -0.05) is 0 Å². The predicted molar refractivity (Wildman–Crippen MR) is 114 cm³/mol. The maximum atomic E-state index is 13.9. The van der Waals surface area contributed by atoms with Crippen LogP contribution in [-0.4, -0.2) is 23.0 Å². The van der Waals surface area contributed by atoms with Crippen LogP contribution in [0.2, 0.25) is 0 Å². The Morgan fingerprint density at radius 3 is 2.59 bits per heavy atom. The summed E-state index contributed by atoms with van der Waals surface area (Å²) in [5.41, 5.74) is 0.510. The van der Waals surface area contributed by atoms with Crippen molar-refractivity contribution >= 4 is 22.6 Å².